The second kappa shape index (κ2) is 7.53. The molecule has 7 nitrogen and oxygen atoms in total. The fourth-order valence-corrected chi connectivity index (χ4v) is 2.13. The number of aromatic nitrogens is 4. The second-order valence-corrected chi connectivity index (χ2v) is 5.13. The number of rotatable bonds is 7. The molecule has 118 valence electrons. The first-order valence-electron chi connectivity index (χ1n) is 7.46. The molecule has 2 heterocycles. The largest absolute Gasteiger partial charge is 0.368 e. The summed E-state index contributed by atoms with van der Waals surface area (Å²) in [4.78, 5) is 19.8. The van der Waals surface area contributed by atoms with Crippen molar-refractivity contribution in [2.75, 3.05) is 18.4 Å². The summed E-state index contributed by atoms with van der Waals surface area (Å²) in [5.74, 6) is 1.51. The lowest BCUT2D eigenvalue weighted by atomic mass is 10.3. The molecule has 0 saturated heterocycles. The molecule has 0 aliphatic rings. The zero-order valence-corrected chi connectivity index (χ0v) is 13.3. The van der Waals surface area contributed by atoms with Crippen LogP contribution >= 0.6 is 0 Å². The van der Waals surface area contributed by atoms with E-state index in [2.05, 4.69) is 25.7 Å². The maximum atomic E-state index is 11.4. The minimum atomic E-state index is 0.0790. The van der Waals surface area contributed by atoms with E-state index in [0.29, 0.717) is 25.3 Å². The van der Waals surface area contributed by atoms with Gasteiger partial charge >= 0.3 is 0 Å². The van der Waals surface area contributed by atoms with Crippen molar-refractivity contribution in [3.05, 3.63) is 29.8 Å². The van der Waals surface area contributed by atoms with Gasteiger partial charge in [0.25, 0.3) is 0 Å². The highest BCUT2D eigenvalue weighted by molar-refractivity contribution is 5.75. The summed E-state index contributed by atoms with van der Waals surface area (Å²) in [5, 5.41) is 10.4. The van der Waals surface area contributed by atoms with Gasteiger partial charge in [-0.1, -0.05) is 6.92 Å². The molecule has 2 aromatic heterocycles. The van der Waals surface area contributed by atoms with E-state index in [9.17, 15) is 4.79 Å². The molecule has 7 heteroatoms. The fraction of sp³-hybridized carbons (Fsp3) is 0.467. The van der Waals surface area contributed by atoms with Gasteiger partial charge in [-0.25, -0.2) is 14.6 Å². The molecule has 0 saturated carbocycles. The summed E-state index contributed by atoms with van der Waals surface area (Å²) in [7, 11) is 0. The van der Waals surface area contributed by atoms with E-state index in [-0.39, 0.29) is 5.91 Å². The van der Waals surface area contributed by atoms with Crippen molar-refractivity contribution >= 4 is 11.7 Å². The summed E-state index contributed by atoms with van der Waals surface area (Å²) in [6.07, 6.45) is 2.93. The van der Waals surface area contributed by atoms with Gasteiger partial charge in [0.15, 0.2) is 5.82 Å². The molecule has 0 radical (unpaired) electrons. The van der Waals surface area contributed by atoms with E-state index < -0.39 is 0 Å². The van der Waals surface area contributed by atoms with E-state index >= 15 is 0 Å². The van der Waals surface area contributed by atoms with Gasteiger partial charge in [-0.2, -0.15) is 5.10 Å². The number of amides is 1. The summed E-state index contributed by atoms with van der Waals surface area (Å²) >= 11 is 0. The molecule has 0 aliphatic carbocycles. The van der Waals surface area contributed by atoms with Crippen molar-refractivity contribution in [2.24, 2.45) is 0 Å². The Kier molecular flexibility index (Phi) is 5.46. The van der Waals surface area contributed by atoms with Gasteiger partial charge in [-0.3, -0.25) is 4.79 Å². The van der Waals surface area contributed by atoms with Crippen LogP contribution in [0.1, 0.15) is 31.2 Å². The minimum Gasteiger partial charge on any atom is -0.368 e. The lowest BCUT2D eigenvalue weighted by Gasteiger charge is -2.08. The lowest BCUT2D eigenvalue weighted by molar-refractivity contribution is -0.121. The topological polar surface area (TPSA) is 84.7 Å². The van der Waals surface area contributed by atoms with Gasteiger partial charge in [-0.05, 0) is 26.3 Å². The number of nitrogens with one attached hydrogen (secondary N) is 2. The number of hydrogen-bond acceptors (Lipinski definition) is 5. The summed E-state index contributed by atoms with van der Waals surface area (Å²) < 4.78 is 1.78. The van der Waals surface area contributed by atoms with Gasteiger partial charge < -0.3 is 10.6 Å². The Morgan fingerprint density at radius 1 is 1.23 bits per heavy atom. The predicted molar refractivity (Wildman–Crippen MR) is 85.0 cm³/mol. The molecule has 2 rings (SSSR count). The molecular formula is C15H22N6O. The lowest BCUT2D eigenvalue weighted by Crippen LogP contribution is -2.28. The van der Waals surface area contributed by atoms with Crippen molar-refractivity contribution in [3.63, 3.8) is 0 Å². The number of anilines is 1. The molecule has 1 amide bonds. The molecule has 0 atom stereocenters. The van der Waals surface area contributed by atoms with Crippen LogP contribution in [0, 0.1) is 13.8 Å². The van der Waals surface area contributed by atoms with Crippen LogP contribution < -0.4 is 10.6 Å². The molecular weight excluding hydrogens is 280 g/mol. The average Bonchev–Trinajstić information content (AvgIpc) is 2.83. The molecule has 0 bridgehead atoms. The standard InChI is InChI=1S/C15H22N6O/c1-4-5-15(22)17-7-6-16-13-9-14(19-10-18-13)21-12(3)8-11(2)20-21/h8-10H,4-7H2,1-3H3,(H,17,22)(H,16,18,19). The zero-order valence-electron chi connectivity index (χ0n) is 13.3. The number of hydrogen-bond donors (Lipinski definition) is 2. The van der Waals surface area contributed by atoms with Gasteiger partial charge in [0, 0.05) is 31.3 Å². The average molecular weight is 302 g/mol. The van der Waals surface area contributed by atoms with Gasteiger partial charge in [0.05, 0.1) is 5.69 Å². The zero-order chi connectivity index (χ0) is 15.9. The van der Waals surface area contributed by atoms with Crippen LogP contribution in [0.3, 0.4) is 0 Å². The summed E-state index contributed by atoms with van der Waals surface area (Å²) in [5.41, 5.74) is 1.97. The van der Waals surface area contributed by atoms with Crippen LogP contribution in [0.15, 0.2) is 18.5 Å². The Bertz CT molecular complexity index is 637. The Balaban J connectivity index is 1.92. The first-order chi connectivity index (χ1) is 10.6. The minimum absolute atomic E-state index is 0.0790. The fourth-order valence-electron chi connectivity index (χ4n) is 2.13. The Labute approximate surface area is 130 Å². The van der Waals surface area contributed by atoms with Crippen LogP contribution in [0.2, 0.25) is 0 Å². The first kappa shape index (κ1) is 15.9. The monoisotopic (exact) mass is 302 g/mol. The molecule has 2 N–H and O–H groups in total. The third kappa shape index (κ3) is 4.28. The highest BCUT2D eigenvalue weighted by atomic mass is 16.1. The van der Waals surface area contributed by atoms with Crippen molar-refractivity contribution < 1.29 is 4.79 Å². The van der Waals surface area contributed by atoms with Crippen LogP contribution in [0.5, 0.6) is 0 Å². The molecule has 0 unspecified atom stereocenters. The van der Waals surface area contributed by atoms with E-state index in [1.165, 1.54) is 6.33 Å². The highest BCUT2D eigenvalue weighted by Gasteiger charge is 2.06. The molecule has 0 aliphatic heterocycles. The van der Waals surface area contributed by atoms with E-state index in [1.807, 2.05) is 32.9 Å². The van der Waals surface area contributed by atoms with Gasteiger partial charge in [0.1, 0.15) is 12.1 Å². The van der Waals surface area contributed by atoms with Crippen molar-refractivity contribution in [1.82, 2.24) is 25.1 Å². The quantitative estimate of drug-likeness (QED) is 0.759. The van der Waals surface area contributed by atoms with Crippen molar-refractivity contribution in [3.8, 4) is 5.82 Å². The maximum absolute atomic E-state index is 11.4. The second-order valence-electron chi connectivity index (χ2n) is 5.13. The number of aryl methyl sites for hydroxylation is 2. The number of carbonyl (C=O) groups excluding carboxylic acids is 1. The van der Waals surface area contributed by atoms with Crippen molar-refractivity contribution in [2.45, 2.75) is 33.6 Å². The van der Waals surface area contributed by atoms with Crippen LogP contribution in [-0.2, 0) is 4.79 Å². The Morgan fingerprint density at radius 3 is 2.73 bits per heavy atom. The predicted octanol–water partition coefficient (Wildman–Crippen LogP) is 1.61. The molecule has 0 fully saturated rings. The number of nitrogens with zero attached hydrogens (tertiary/aromatic N) is 4. The normalized spacial score (nSPS) is 10.5. The third-order valence-electron chi connectivity index (χ3n) is 3.11. The molecule has 22 heavy (non-hydrogen) atoms. The van der Waals surface area contributed by atoms with E-state index in [4.69, 9.17) is 0 Å². The van der Waals surface area contributed by atoms with E-state index in [1.54, 1.807) is 4.68 Å². The summed E-state index contributed by atoms with van der Waals surface area (Å²) in [6.45, 7) is 7.10. The third-order valence-corrected chi connectivity index (χ3v) is 3.11. The van der Waals surface area contributed by atoms with Crippen LogP contribution in [0.25, 0.3) is 5.82 Å². The van der Waals surface area contributed by atoms with Gasteiger partial charge in [-0.15, -0.1) is 0 Å². The van der Waals surface area contributed by atoms with Crippen LogP contribution in [-0.4, -0.2) is 38.7 Å². The molecule has 0 spiro atoms. The number of carbonyl (C=O) groups is 1. The summed E-state index contributed by atoms with van der Waals surface area (Å²) in [6, 6.07) is 3.84. The maximum Gasteiger partial charge on any atom is 0.220 e. The Morgan fingerprint density at radius 2 is 2.05 bits per heavy atom. The molecule has 2 aromatic rings. The molecule has 0 aromatic carbocycles. The first-order valence-corrected chi connectivity index (χ1v) is 7.46. The van der Waals surface area contributed by atoms with Gasteiger partial charge in [0.2, 0.25) is 5.91 Å². The van der Waals surface area contributed by atoms with E-state index in [0.717, 1.165) is 23.6 Å². The Hall–Kier alpha value is -2.44. The SMILES string of the molecule is CCCC(=O)NCCNc1cc(-n2nc(C)cc2C)ncn1. The van der Waals surface area contributed by atoms with Crippen molar-refractivity contribution in [1.29, 1.82) is 0 Å². The van der Waals surface area contributed by atoms with Crippen LogP contribution in [0.4, 0.5) is 5.82 Å². The smallest absolute Gasteiger partial charge is 0.220 e. The highest BCUT2D eigenvalue weighted by Crippen LogP contribution is 2.11.